The fourth-order valence-electron chi connectivity index (χ4n) is 3.40. The SMILES string of the molecule is CCCCNC(=O)C(CC)N(Cc1ccc(F)cc1)C(=O)COc1ccc(C)cc1C. The monoisotopic (exact) mass is 428 g/mol. The Morgan fingerprint density at radius 3 is 2.42 bits per heavy atom. The van der Waals surface area contributed by atoms with Crippen LogP contribution in [0.25, 0.3) is 0 Å². The van der Waals surface area contributed by atoms with Crippen LogP contribution in [0.5, 0.6) is 5.75 Å². The maximum absolute atomic E-state index is 13.3. The van der Waals surface area contributed by atoms with Gasteiger partial charge in [-0.15, -0.1) is 0 Å². The molecular weight excluding hydrogens is 395 g/mol. The van der Waals surface area contributed by atoms with Crippen molar-refractivity contribution in [3.63, 3.8) is 0 Å². The van der Waals surface area contributed by atoms with Crippen LogP contribution in [0, 0.1) is 19.7 Å². The second kappa shape index (κ2) is 12.1. The first-order valence-corrected chi connectivity index (χ1v) is 10.9. The van der Waals surface area contributed by atoms with Crippen LogP contribution in [0.3, 0.4) is 0 Å². The van der Waals surface area contributed by atoms with E-state index >= 15 is 0 Å². The molecule has 0 saturated heterocycles. The molecule has 2 amide bonds. The summed E-state index contributed by atoms with van der Waals surface area (Å²) in [5.41, 5.74) is 2.81. The molecule has 0 aliphatic carbocycles. The van der Waals surface area contributed by atoms with Crippen LogP contribution in [0.15, 0.2) is 42.5 Å². The third-order valence-electron chi connectivity index (χ3n) is 5.16. The molecule has 31 heavy (non-hydrogen) atoms. The Balaban J connectivity index is 2.18. The number of carbonyl (C=O) groups is 2. The number of benzene rings is 2. The second-order valence-electron chi connectivity index (χ2n) is 7.77. The number of nitrogens with one attached hydrogen (secondary N) is 1. The molecule has 168 valence electrons. The molecule has 2 aromatic rings. The van der Waals surface area contributed by atoms with E-state index in [1.165, 1.54) is 17.0 Å². The standard InChI is InChI=1S/C25H33FN2O3/c1-5-7-14-27-25(30)22(6-2)28(16-20-9-11-21(26)12-10-20)24(29)17-31-23-13-8-18(3)15-19(23)4/h8-13,15,22H,5-7,14,16-17H2,1-4H3,(H,27,30). The summed E-state index contributed by atoms with van der Waals surface area (Å²) in [7, 11) is 0. The van der Waals surface area contributed by atoms with Gasteiger partial charge in [0.2, 0.25) is 5.91 Å². The highest BCUT2D eigenvalue weighted by Gasteiger charge is 2.28. The smallest absolute Gasteiger partial charge is 0.261 e. The number of carbonyl (C=O) groups excluding carboxylic acids is 2. The van der Waals surface area contributed by atoms with Crippen LogP contribution in [0.2, 0.25) is 0 Å². The van der Waals surface area contributed by atoms with Gasteiger partial charge in [-0.3, -0.25) is 9.59 Å². The van der Waals surface area contributed by atoms with Crippen molar-refractivity contribution in [1.29, 1.82) is 0 Å². The molecule has 0 saturated carbocycles. The zero-order valence-electron chi connectivity index (χ0n) is 18.9. The van der Waals surface area contributed by atoms with Crippen molar-refractivity contribution >= 4 is 11.8 Å². The van der Waals surface area contributed by atoms with Gasteiger partial charge in [-0.25, -0.2) is 4.39 Å². The van der Waals surface area contributed by atoms with E-state index in [1.54, 1.807) is 12.1 Å². The quantitative estimate of drug-likeness (QED) is 0.535. The number of halogens is 1. The summed E-state index contributed by atoms with van der Waals surface area (Å²) < 4.78 is 19.1. The minimum atomic E-state index is -0.628. The molecule has 2 aromatic carbocycles. The third-order valence-corrected chi connectivity index (χ3v) is 5.16. The van der Waals surface area contributed by atoms with E-state index in [-0.39, 0.29) is 30.8 Å². The molecular formula is C25H33FN2O3. The molecule has 0 heterocycles. The molecule has 0 aromatic heterocycles. The van der Waals surface area contributed by atoms with E-state index in [9.17, 15) is 14.0 Å². The molecule has 0 aliphatic rings. The number of hydrogen-bond donors (Lipinski definition) is 1. The van der Waals surface area contributed by atoms with E-state index in [2.05, 4.69) is 12.2 Å². The van der Waals surface area contributed by atoms with Gasteiger partial charge in [0, 0.05) is 13.1 Å². The highest BCUT2D eigenvalue weighted by atomic mass is 19.1. The predicted molar refractivity (Wildman–Crippen MR) is 120 cm³/mol. The minimum Gasteiger partial charge on any atom is -0.483 e. The van der Waals surface area contributed by atoms with Crippen molar-refractivity contribution in [2.45, 2.75) is 59.5 Å². The van der Waals surface area contributed by atoms with Gasteiger partial charge in [0.15, 0.2) is 6.61 Å². The Labute approximate surface area is 184 Å². The van der Waals surface area contributed by atoms with Crippen LogP contribution in [-0.4, -0.2) is 35.9 Å². The molecule has 1 unspecified atom stereocenters. The van der Waals surface area contributed by atoms with Crippen molar-refractivity contribution < 1.29 is 18.7 Å². The predicted octanol–water partition coefficient (Wildman–Crippen LogP) is 4.55. The van der Waals surface area contributed by atoms with Crippen LogP contribution in [0.1, 0.15) is 49.8 Å². The number of ether oxygens (including phenoxy) is 1. The van der Waals surface area contributed by atoms with Gasteiger partial charge in [0.25, 0.3) is 5.91 Å². The highest BCUT2D eigenvalue weighted by molar-refractivity contribution is 5.88. The molecule has 0 spiro atoms. The number of unbranched alkanes of at least 4 members (excludes halogenated alkanes) is 1. The van der Waals surface area contributed by atoms with Gasteiger partial charge in [-0.2, -0.15) is 0 Å². The Hall–Kier alpha value is -2.89. The van der Waals surface area contributed by atoms with E-state index in [0.29, 0.717) is 18.7 Å². The Morgan fingerprint density at radius 1 is 1.10 bits per heavy atom. The summed E-state index contributed by atoms with van der Waals surface area (Å²) in [5, 5.41) is 2.92. The van der Waals surface area contributed by atoms with Crippen molar-refractivity contribution in [3.8, 4) is 5.75 Å². The van der Waals surface area contributed by atoms with Crippen molar-refractivity contribution in [2.75, 3.05) is 13.2 Å². The molecule has 6 heteroatoms. The lowest BCUT2D eigenvalue weighted by Gasteiger charge is -2.30. The maximum atomic E-state index is 13.3. The lowest BCUT2D eigenvalue weighted by Crippen LogP contribution is -2.50. The molecule has 0 fully saturated rings. The maximum Gasteiger partial charge on any atom is 0.261 e. The van der Waals surface area contributed by atoms with Gasteiger partial charge in [0.05, 0.1) is 0 Å². The molecule has 2 rings (SSSR count). The highest BCUT2D eigenvalue weighted by Crippen LogP contribution is 2.19. The van der Waals surface area contributed by atoms with Crippen LogP contribution in [0.4, 0.5) is 4.39 Å². The number of nitrogens with zero attached hydrogens (tertiary/aromatic N) is 1. The third kappa shape index (κ3) is 7.39. The van der Waals surface area contributed by atoms with E-state index < -0.39 is 6.04 Å². The first kappa shape index (κ1) is 24.4. The van der Waals surface area contributed by atoms with Crippen LogP contribution >= 0.6 is 0 Å². The average molecular weight is 429 g/mol. The second-order valence-corrected chi connectivity index (χ2v) is 7.77. The first-order valence-electron chi connectivity index (χ1n) is 10.9. The lowest BCUT2D eigenvalue weighted by atomic mass is 10.1. The van der Waals surface area contributed by atoms with E-state index in [0.717, 1.165) is 29.5 Å². The van der Waals surface area contributed by atoms with Crippen molar-refractivity contribution in [3.05, 3.63) is 65.0 Å². The topological polar surface area (TPSA) is 58.6 Å². The Kier molecular flexibility index (Phi) is 9.50. The summed E-state index contributed by atoms with van der Waals surface area (Å²) in [5.74, 6) is -0.176. The van der Waals surface area contributed by atoms with Gasteiger partial charge in [-0.05, 0) is 56.0 Å². The van der Waals surface area contributed by atoms with Gasteiger partial charge in [0.1, 0.15) is 17.6 Å². The van der Waals surface area contributed by atoms with Crippen LogP contribution < -0.4 is 10.1 Å². The lowest BCUT2D eigenvalue weighted by molar-refractivity contribution is -0.143. The summed E-state index contributed by atoms with van der Waals surface area (Å²) in [6.07, 6.45) is 2.32. The number of hydrogen-bond acceptors (Lipinski definition) is 3. The zero-order valence-corrected chi connectivity index (χ0v) is 18.9. The first-order chi connectivity index (χ1) is 14.8. The molecule has 1 atom stereocenters. The largest absolute Gasteiger partial charge is 0.483 e. The van der Waals surface area contributed by atoms with Gasteiger partial charge < -0.3 is 15.0 Å². The van der Waals surface area contributed by atoms with Gasteiger partial charge in [-0.1, -0.05) is 50.1 Å². The fourth-order valence-corrected chi connectivity index (χ4v) is 3.40. The van der Waals surface area contributed by atoms with Crippen molar-refractivity contribution in [1.82, 2.24) is 10.2 Å². The zero-order chi connectivity index (χ0) is 22.8. The van der Waals surface area contributed by atoms with Gasteiger partial charge >= 0.3 is 0 Å². The molecule has 5 nitrogen and oxygen atoms in total. The average Bonchev–Trinajstić information content (AvgIpc) is 2.74. The molecule has 0 radical (unpaired) electrons. The number of rotatable bonds is 11. The molecule has 0 aliphatic heterocycles. The summed E-state index contributed by atoms with van der Waals surface area (Å²) in [4.78, 5) is 27.5. The van der Waals surface area contributed by atoms with E-state index in [4.69, 9.17) is 4.74 Å². The van der Waals surface area contributed by atoms with Crippen molar-refractivity contribution in [2.24, 2.45) is 0 Å². The minimum absolute atomic E-state index is 0.177. The molecule has 0 bridgehead atoms. The summed E-state index contributed by atoms with van der Waals surface area (Å²) >= 11 is 0. The summed E-state index contributed by atoms with van der Waals surface area (Å²) in [6, 6.07) is 11.1. The Morgan fingerprint density at radius 2 is 1.81 bits per heavy atom. The van der Waals surface area contributed by atoms with Crippen LogP contribution in [-0.2, 0) is 16.1 Å². The summed E-state index contributed by atoms with van der Waals surface area (Å²) in [6.45, 7) is 8.45. The van der Waals surface area contributed by atoms with E-state index in [1.807, 2.05) is 39.0 Å². The number of amides is 2. The number of aryl methyl sites for hydroxylation is 2. The molecule has 1 N–H and O–H groups in total. The fraction of sp³-hybridized carbons (Fsp3) is 0.440. The Bertz CT molecular complexity index is 868. The normalized spacial score (nSPS) is 11.6.